The zero-order valence-electron chi connectivity index (χ0n) is 13.9. The molecule has 0 saturated heterocycles. The Kier molecular flexibility index (Phi) is 5.23. The summed E-state index contributed by atoms with van der Waals surface area (Å²) in [6.45, 7) is 0. The van der Waals surface area contributed by atoms with Crippen LogP contribution in [0, 0.1) is 5.82 Å². The largest absolute Gasteiger partial charge is 0.439 e. The van der Waals surface area contributed by atoms with E-state index in [4.69, 9.17) is 8.92 Å². The SMILES string of the molecule is O=S(=O)(Oc1ccc(Oc2ccc(C(F)(F)F)cn2)cc1)c1cccc(F)c1. The molecule has 0 amide bonds. The van der Waals surface area contributed by atoms with Crippen molar-refractivity contribution in [2.24, 2.45) is 0 Å². The normalized spacial score (nSPS) is 11.9. The van der Waals surface area contributed by atoms with Crippen molar-refractivity contribution in [1.29, 1.82) is 0 Å². The number of hydrogen-bond acceptors (Lipinski definition) is 5. The van der Waals surface area contributed by atoms with Crippen LogP contribution in [0.25, 0.3) is 0 Å². The van der Waals surface area contributed by atoms with Crippen molar-refractivity contribution in [2.45, 2.75) is 11.1 Å². The van der Waals surface area contributed by atoms with E-state index in [0.29, 0.717) is 6.20 Å². The van der Waals surface area contributed by atoms with Crippen molar-refractivity contribution >= 4 is 10.1 Å². The number of hydrogen-bond donors (Lipinski definition) is 0. The Morgan fingerprint density at radius 2 is 1.57 bits per heavy atom. The third-order valence-corrected chi connectivity index (χ3v) is 4.64. The summed E-state index contributed by atoms with van der Waals surface area (Å²) in [5.74, 6) is -0.661. The molecule has 0 radical (unpaired) electrons. The highest BCUT2D eigenvalue weighted by Gasteiger charge is 2.30. The van der Waals surface area contributed by atoms with Gasteiger partial charge in [0.1, 0.15) is 22.2 Å². The molecule has 0 spiro atoms. The Bertz CT molecular complexity index is 1070. The van der Waals surface area contributed by atoms with Gasteiger partial charge < -0.3 is 8.92 Å². The predicted molar refractivity (Wildman–Crippen MR) is 90.0 cm³/mol. The quantitative estimate of drug-likeness (QED) is 0.444. The van der Waals surface area contributed by atoms with E-state index in [1.54, 1.807) is 0 Å². The van der Waals surface area contributed by atoms with Crippen molar-refractivity contribution < 1.29 is 34.9 Å². The fourth-order valence-corrected chi connectivity index (χ4v) is 3.05. The lowest BCUT2D eigenvalue weighted by Gasteiger charge is -2.09. The number of pyridine rings is 1. The number of rotatable bonds is 5. The maximum Gasteiger partial charge on any atom is 0.417 e. The molecule has 0 aliphatic carbocycles. The molecule has 0 N–H and O–H groups in total. The van der Waals surface area contributed by atoms with Gasteiger partial charge in [0.2, 0.25) is 5.88 Å². The molecule has 3 aromatic rings. The lowest BCUT2D eigenvalue weighted by molar-refractivity contribution is -0.137. The van der Waals surface area contributed by atoms with Crippen LogP contribution in [-0.2, 0) is 16.3 Å². The average molecular weight is 413 g/mol. The Morgan fingerprint density at radius 1 is 0.893 bits per heavy atom. The van der Waals surface area contributed by atoms with Gasteiger partial charge in [-0.3, -0.25) is 0 Å². The van der Waals surface area contributed by atoms with E-state index < -0.39 is 27.7 Å². The van der Waals surface area contributed by atoms with Crippen LogP contribution in [0.1, 0.15) is 5.56 Å². The van der Waals surface area contributed by atoms with E-state index in [1.807, 2.05) is 0 Å². The van der Waals surface area contributed by atoms with Crippen LogP contribution in [0.4, 0.5) is 17.6 Å². The molecular formula is C18H11F4NO4S. The summed E-state index contributed by atoms with van der Waals surface area (Å²) >= 11 is 0. The molecular weight excluding hydrogens is 402 g/mol. The average Bonchev–Trinajstić information content (AvgIpc) is 2.63. The minimum Gasteiger partial charge on any atom is -0.439 e. The molecule has 28 heavy (non-hydrogen) atoms. The monoisotopic (exact) mass is 413 g/mol. The van der Waals surface area contributed by atoms with E-state index in [1.165, 1.54) is 36.4 Å². The molecule has 1 heterocycles. The van der Waals surface area contributed by atoms with Gasteiger partial charge in [0, 0.05) is 12.3 Å². The van der Waals surface area contributed by atoms with Crippen molar-refractivity contribution in [3.05, 3.63) is 78.2 Å². The minimum absolute atomic E-state index is 0.0583. The van der Waals surface area contributed by atoms with Crippen LogP contribution in [0.3, 0.4) is 0 Å². The van der Waals surface area contributed by atoms with Crippen LogP contribution < -0.4 is 8.92 Å². The number of benzene rings is 2. The lowest BCUT2D eigenvalue weighted by atomic mass is 10.3. The molecule has 0 fully saturated rings. The highest BCUT2D eigenvalue weighted by Crippen LogP contribution is 2.30. The summed E-state index contributed by atoms with van der Waals surface area (Å²) in [4.78, 5) is 3.22. The molecule has 1 aromatic heterocycles. The third-order valence-electron chi connectivity index (χ3n) is 3.40. The minimum atomic E-state index is -4.50. The van der Waals surface area contributed by atoms with Gasteiger partial charge in [-0.15, -0.1) is 0 Å². The number of halogens is 4. The molecule has 0 unspecified atom stereocenters. The molecule has 3 rings (SSSR count). The van der Waals surface area contributed by atoms with Gasteiger partial charge in [-0.25, -0.2) is 9.37 Å². The molecule has 5 nitrogen and oxygen atoms in total. The van der Waals surface area contributed by atoms with E-state index in [2.05, 4.69) is 4.98 Å². The van der Waals surface area contributed by atoms with Gasteiger partial charge in [0.05, 0.1) is 5.56 Å². The molecule has 146 valence electrons. The summed E-state index contributed by atoms with van der Waals surface area (Å²) in [5.41, 5.74) is -0.911. The summed E-state index contributed by atoms with van der Waals surface area (Å²) in [5, 5.41) is 0. The number of aromatic nitrogens is 1. The first kappa shape index (κ1) is 19.6. The van der Waals surface area contributed by atoms with Gasteiger partial charge in [-0.2, -0.15) is 21.6 Å². The van der Waals surface area contributed by atoms with Gasteiger partial charge in [0.25, 0.3) is 0 Å². The highest BCUT2D eigenvalue weighted by molar-refractivity contribution is 7.87. The Morgan fingerprint density at radius 3 is 2.14 bits per heavy atom. The summed E-state index contributed by atoms with van der Waals surface area (Å²) in [7, 11) is -4.23. The van der Waals surface area contributed by atoms with Crippen LogP contribution in [0.15, 0.2) is 71.8 Å². The Balaban J connectivity index is 1.70. The number of nitrogens with zero attached hydrogens (tertiary/aromatic N) is 1. The number of alkyl halides is 3. The molecule has 0 aliphatic heterocycles. The summed E-state index contributed by atoms with van der Waals surface area (Å²) < 4.78 is 85.2. The second-order valence-corrected chi connectivity index (χ2v) is 7.00. The van der Waals surface area contributed by atoms with E-state index in [0.717, 1.165) is 24.3 Å². The first-order valence-corrected chi connectivity index (χ1v) is 9.05. The molecule has 2 aromatic carbocycles. The first-order chi connectivity index (χ1) is 13.1. The zero-order chi connectivity index (χ0) is 20.4. The molecule has 0 atom stereocenters. The Hall–Kier alpha value is -3.14. The maximum atomic E-state index is 13.2. The summed E-state index contributed by atoms with van der Waals surface area (Å²) in [6.07, 6.45) is -3.87. The van der Waals surface area contributed by atoms with E-state index in [-0.39, 0.29) is 22.3 Å². The smallest absolute Gasteiger partial charge is 0.417 e. The van der Waals surface area contributed by atoms with E-state index in [9.17, 15) is 26.0 Å². The van der Waals surface area contributed by atoms with Crippen LogP contribution in [0.2, 0.25) is 0 Å². The van der Waals surface area contributed by atoms with Gasteiger partial charge in [-0.1, -0.05) is 6.07 Å². The van der Waals surface area contributed by atoms with Crippen LogP contribution in [0.5, 0.6) is 17.4 Å². The second kappa shape index (κ2) is 7.47. The first-order valence-electron chi connectivity index (χ1n) is 7.65. The van der Waals surface area contributed by atoms with Gasteiger partial charge >= 0.3 is 16.3 Å². The van der Waals surface area contributed by atoms with Crippen LogP contribution in [-0.4, -0.2) is 13.4 Å². The molecule has 0 bridgehead atoms. The fraction of sp³-hybridized carbons (Fsp3) is 0.0556. The van der Waals surface area contributed by atoms with Crippen molar-refractivity contribution in [1.82, 2.24) is 4.98 Å². The zero-order valence-corrected chi connectivity index (χ0v) is 14.7. The standard InChI is InChI=1S/C18H11F4NO4S/c19-13-2-1-3-16(10-13)28(24,25)27-15-7-5-14(6-8-15)26-17-9-4-12(11-23-17)18(20,21)22/h1-11H. The van der Waals surface area contributed by atoms with Gasteiger partial charge in [-0.05, 0) is 48.5 Å². The predicted octanol–water partition coefficient (Wildman–Crippen LogP) is 4.80. The highest BCUT2D eigenvalue weighted by atomic mass is 32.2. The Labute approximate surface area is 157 Å². The van der Waals surface area contributed by atoms with Crippen molar-refractivity contribution in [3.8, 4) is 17.4 Å². The maximum absolute atomic E-state index is 13.2. The second-order valence-electron chi connectivity index (χ2n) is 5.45. The van der Waals surface area contributed by atoms with Crippen LogP contribution >= 0.6 is 0 Å². The molecule has 0 saturated carbocycles. The number of ether oxygens (including phenoxy) is 1. The summed E-state index contributed by atoms with van der Waals surface area (Å²) in [6, 6.07) is 11.5. The van der Waals surface area contributed by atoms with Crippen molar-refractivity contribution in [2.75, 3.05) is 0 Å². The molecule has 10 heteroatoms. The topological polar surface area (TPSA) is 65.5 Å². The molecule has 0 aliphatic rings. The fourth-order valence-electron chi connectivity index (χ4n) is 2.09. The van der Waals surface area contributed by atoms with Crippen molar-refractivity contribution in [3.63, 3.8) is 0 Å². The van der Waals surface area contributed by atoms with Gasteiger partial charge in [0.15, 0.2) is 0 Å². The lowest BCUT2D eigenvalue weighted by Crippen LogP contribution is -2.09. The van der Waals surface area contributed by atoms with E-state index >= 15 is 0 Å². The third kappa shape index (κ3) is 4.77.